The van der Waals surface area contributed by atoms with E-state index in [1.807, 2.05) is 6.92 Å². The zero-order valence-electron chi connectivity index (χ0n) is 10.3. The van der Waals surface area contributed by atoms with Crippen molar-refractivity contribution in [3.8, 4) is 0 Å². The third-order valence-electron chi connectivity index (χ3n) is 3.99. The minimum absolute atomic E-state index is 0.0897. The standard InChI is InChI=1S/C14H17FO3/c1-14-12(6-10(16)7-13(14)18-14)17-8-9-4-2-3-5-11(9)15/h2-5,10,12-13,16H,6-8H2,1H3. The van der Waals surface area contributed by atoms with Crippen LogP contribution in [0.5, 0.6) is 0 Å². The van der Waals surface area contributed by atoms with E-state index in [0.29, 0.717) is 18.4 Å². The van der Waals surface area contributed by atoms with Gasteiger partial charge in [-0.05, 0) is 13.0 Å². The van der Waals surface area contributed by atoms with Gasteiger partial charge in [-0.2, -0.15) is 0 Å². The Morgan fingerprint density at radius 1 is 1.44 bits per heavy atom. The molecule has 0 aromatic heterocycles. The molecule has 2 fully saturated rings. The van der Waals surface area contributed by atoms with Gasteiger partial charge in [-0.3, -0.25) is 0 Å². The van der Waals surface area contributed by atoms with E-state index in [1.54, 1.807) is 18.2 Å². The summed E-state index contributed by atoms with van der Waals surface area (Å²) in [4.78, 5) is 0. The Labute approximate surface area is 106 Å². The third kappa shape index (κ3) is 2.05. The normalized spacial score (nSPS) is 38.3. The van der Waals surface area contributed by atoms with Gasteiger partial charge in [0.25, 0.3) is 0 Å². The van der Waals surface area contributed by atoms with Gasteiger partial charge < -0.3 is 14.6 Å². The molecule has 1 N–H and O–H groups in total. The van der Waals surface area contributed by atoms with Crippen LogP contribution >= 0.6 is 0 Å². The summed E-state index contributed by atoms with van der Waals surface area (Å²) in [6.07, 6.45) is 0.784. The summed E-state index contributed by atoms with van der Waals surface area (Å²) < 4.78 is 24.8. The number of hydrogen-bond acceptors (Lipinski definition) is 3. The summed E-state index contributed by atoms with van der Waals surface area (Å²) in [7, 11) is 0. The van der Waals surface area contributed by atoms with Crippen LogP contribution in [0.1, 0.15) is 25.3 Å². The van der Waals surface area contributed by atoms with Crippen LogP contribution in [0.4, 0.5) is 4.39 Å². The van der Waals surface area contributed by atoms with E-state index in [2.05, 4.69) is 0 Å². The smallest absolute Gasteiger partial charge is 0.128 e. The number of fused-ring (bicyclic) bond motifs is 1. The lowest BCUT2D eigenvalue weighted by Gasteiger charge is -2.28. The molecule has 1 aliphatic heterocycles. The highest BCUT2D eigenvalue weighted by atomic mass is 19.1. The van der Waals surface area contributed by atoms with Crippen LogP contribution in [-0.2, 0) is 16.1 Å². The Balaban J connectivity index is 1.65. The lowest BCUT2D eigenvalue weighted by molar-refractivity contribution is -0.0435. The molecule has 0 spiro atoms. The first-order chi connectivity index (χ1) is 8.59. The highest BCUT2D eigenvalue weighted by Gasteiger charge is 2.61. The maximum absolute atomic E-state index is 13.5. The average Bonchev–Trinajstić information content (AvgIpc) is 2.99. The van der Waals surface area contributed by atoms with Crippen molar-refractivity contribution in [3.63, 3.8) is 0 Å². The molecule has 4 heteroatoms. The predicted octanol–water partition coefficient (Wildman–Crippen LogP) is 2.02. The van der Waals surface area contributed by atoms with Gasteiger partial charge in [0.2, 0.25) is 0 Å². The van der Waals surface area contributed by atoms with Gasteiger partial charge >= 0.3 is 0 Å². The fourth-order valence-electron chi connectivity index (χ4n) is 2.70. The van der Waals surface area contributed by atoms with Crippen molar-refractivity contribution in [1.29, 1.82) is 0 Å². The number of rotatable bonds is 3. The summed E-state index contributed by atoms with van der Waals surface area (Å²) >= 11 is 0. The van der Waals surface area contributed by atoms with Crippen LogP contribution in [-0.4, -0.2) is 29.0 Å². The Hall–Kier alpha value is -0.970. The van der Waals surface area contributed by atoms with Gasteiger partial charge in [0.15, 0.2) is 0 Å². The second kappa shape index (κ2) is 4.30. The second-order valence-electron chi connectivity index (χ2n) is 5.31. The number of aliphatic hydroxyl groups is 1. The van der Waals surface area contributed by atoms with Gasteiger partial charge in [0, 0.05) is 18.4 Å². The highest BCUT2D eigenvalue weighted by molar-refractivity contribution is 5.17. The molecule has 3 nitrogen and oxygen atoms in total. The summed E-state index contributed by atoms with van der Waals surface area (Å²) in [5.41, 5.74) is 0.253. The summed E-state index contributed by atoms with van der Waals surface area (Å²) in [6, 6.07) is 6.58. The van der Waals surface area contributed by atoms with Gasteiger partial charge in [-0.15, -0.1) is 0 Å². The van der Waals surface area contributed by atoms with Crippen LogP contribution in [0, 0.1) is 5.82 Å². The molecule has 0 bridgehead atoms. The van der Waals surface area contributed by atoms with Gasteiger partial charge in [-0.25, -0.2) is 4.39 Å². The molecule has 98 valence electrons. The molecular weight excluding hydrogens is 235 g/mol. The van der Waals surface area contributed by atoms with Crippen LogP contribution in [0.25, 0.3) is 0 Å². The minimum Gasteiger partial charge on any atom is -0.393 e. The van der Waals surface area contributed by atoms with Gasteiger partial charge in [0.1, 0.15) is 11.4 Å². The van der Waals surface area contributed by atoms with Crippen molar-refractivity contribution in [3.05, 3.63) is 35.6 Å². The molecule has 2 aliphatic rings. The number of epoxide rings is 1. The Bertz CT molecular complexity index is 450. The van der Waals surface area contributed by atoms with E-state index >= 15 is 0 Å². The summed E-state index contributed by atoms with van der Waals surface area (Å²) in [5.74, 6) is -0.257. The van der Waals surface area contributed by atoms with Gasteiger partial charge in [-0.1, -0.05) is 18.2 Å². The molecule has 18 heavy (non-hydrogen) atoms. The first kappa shape index (κ1) is 12.1. The van der Waals surface area contributed by atoms with E-state index in [1.165, 1.54) is 6.07 Å². The first-order valence-corrected chi connectivity index (χ1v) is 6.30. The van der Waals surface area contributed by atoms with Crippen molar-refractivity contribution in [1.82, 2.24) is 0 Å². The van der Waals surface area contributed by atoms with E-state index in [-0.39, 0.29) is 36.3 Å². The van der Waals surface area contributed by atoms with Crippen LogP contribution in [0.15, 0.2) is 24.3 Å². The summed E-state index contributed by atoms with van der Waals surface area (Å²) in [6.45, 7) is 2.21. The molecule has 1 aromatic rings. The van der Waals surface area contributed by atoms with Crippen molar-refractivity contribution in [2.45, 2.75) is 50.3 Å². The largest absolute Gasteiger partial charge is 0.393 e. The Morgan fingerprint density at radius 3 is 3.00 bits per heavy atom. The fraction of sp³-hybridized carbons (Fsp3) is 0.571. The number of ether oxygens (including phenoxy) is 2. The number of hydrogen-bond donors (Lipinski definition) is 1. The number of benzene rings is 1. The second-order valence-corrected chi connectivity index (χ2v) is 5.31. The van der Waals surface area contributed by atoms with Crippen molar-refractivity contribution in [2.75, 3.05) is 0 Å². The molecule has 4 atom stereocenters. The lowest BCUT2D eigenvalue weighted by atomic mass is 9.86. The third-order valence-corrected chi connectivity index (χ3v) is 3.99. The molecule has 1 aliphatic carbocycles. The van der Waals surface area contributed by atoms with Crippen molar-refractivity contribution in [2.24, 2.45) is 0 Å². The molecule has 1 saturated carbocycles. The molecule has 0 radical (unpaired) electrons. The highest BCUT2D eigenvalue weighted by Crippen LogP contribution is 2.48. The maximum Gasteiger partial charge on any atom is 0.128 e. The Kier molecular flexibility index (Phi) is 2.88. The van der Waals surface area contributed by atoms with E-state index in [4.69, 9.17) is 9.47 Å². The zero-order valence-corrected chi connectivity index (χ0v) is 10.3. The molecule has 3 rings (SSSR count). The first-order valence-electron chi connectivity index (χ1n) is 6.30. The molecular formula is C14H17FO3. The minimum atomic E-state index is -0.379. The van der Waals surface area contributed by atoms with E-state index < -0.39 is 0 Å². The summed E-state index contributed by atoms with van der Waals surface area (Å²) in [5, 5.41) is 9.71. The molecule has 1 heterocycles. The lowest BCUT2D eigenvalue weighted by Crippen LogP contribution is -2.40. The van der Waals surface area contributed by atoms with Crippen LogP contribution in [0.3, 0.4) is 0 Å². The zero-order chi connectivity index (χ0) is 12.8. The predicted molar refractivity (Wildman–Crippen MR) is 63.5 cm³/mol. The SMILES string of the molecule is CC12OC1CC(O)CC2OCc1ccccc1F. The fourth-order valence-corrected chi connectivity index (χ4v) is 2.70. The van der Waals surface area contributed by atoms with Crippen molar-refractivity contribution < 1.29 is 19.0 Å². The van der Waals surface area contributed by atoms with Crippen molar-refractivity contribution >= 4 is 0 Å². The molecule has 1 aromatic carbocycles. The van der Waals surface area contributed by atoms with Crippen LogP contribution in [0.2, 0.25) is 0 Å². The average molecular weight is 252 g/mol. The number of aliphatic hydroxyl groups excluding tert-OH is 1. The van der Waals surface area contributed by atoms with Crippen LogP contribution < -0.4 is 0 Å². The molecule has 0 amide bonds. The maximum atomic E-state index is 13.5. The Morgan fingerprint density at radius 2 is 2.22 bits per heavy atom. The molecule has 1 saturated heterocycles. The van der Waals surface area contributed by atoms with E-state index in [9.17, 15) is 9.50 Å². The molecule has 4 unspecified atom stereocenters. The van der Waals surface area contributed by atoms with E-state index in [0.717, 1.165) is 0 Å². The quantitative estimate of drug-likeness (QED) is 0.837. The number of halogens is 1. The van der Waals surface area contributed by atoms with Gasteiger partial charge in [0.05, 0.1) is 24.9 Å². The monoisotopic (exact) mass is 252 g/mol. The topological polar surface area (TPSA) is 42.0 Å².